The molecule has 2 aromatic rings. The van der Waals surface area contributed by atoms with Crippen molar-refractivity contribution in [3.05, 3.63) is 62.3 Å². The number of carbonyl (C=O) groups excluding carboxylic acids is 2. The first-order valence-corrected chi connectivity index (χ1v) is 10.6. The molecule has 11 heteroatoms. The first-order chi connectivity index (χ1) is 15.3. The summed E-state index contributed by atoms with van der Waals surface area (Å²) in [7, 11) is 0. The van der Waals surface area contributed by atoms with Crippen LogP contribution in [0.3, 0.4) is 0 Å². The highest BCUT2D eigenvalue weighted by Crippen LogP contribution is 2.32. The van der Waals surface area contributed by atoms with Gasteiger partial charge < -0.3 is 19.7 Å². The van der Waals surface area contributed by atoms with Crippen LogP contribution in [0.2, 0.25) is 0 Å². The van der Waals surface area contributed by atoms with E-state index < -0.39 is 31.1 Å². The number of rotatable bonds is 7. The second-order valence-electron chi connectivity index (χ2n) is 7.71. The maximum Gasteiger partial charge on any atom is 0.261 e. The third-order valence-corrected chi connectivity index (χ3v) is 5.94. The molecule has 32 heavy (non-hydrogen) atoms. The molecule has 0 saturated carbocycles. The summed E-state index contributed by atoms with van der Waals surface area (Å²) in [5, 5.41) is 20.1. The summed E-state index contributed by atoms with van der Waals surface area (Å²) in [5.41, 5.74) is 0.828. The Balaban J connectivity index is 1.43. The van der Waals surface area contributed by atoms with Crippen LogP contribution in [-0.2, 0) is 9.47 Å². The van der Waals surface area contributed by atoms with Gasteiger partial charge in [-0.2, -0.15) is 0 Å². The fraction of sp³-hybridized carbons (Fsp3) is 0.429. The molecule has 1 fully saturated rings. The summed E-state index contributed by atoms with van der Waals surface area (Å²) in [6.45, 7) is 1.45. The second kappa shape index (κ2) is 9.04. The predicted molar refractivity (Wildman–Crippen MR) is 114 cm³/mol. The number of carbonyl (C=O) groups is 2. The predicted octanol–water partition coefficient (Wildman–Crippen LogP) is 0.536. The Morgan fingerprint density at radius 3 is 2.47 bits per heavy atom. The Morgan fingerprint density at radius 1 is 1.19 bits per heavy atom. The lowest BCUT2D eigenvalue weighted by atomic mass is 10.1. The van der Waals surface area contributed by atoms with Crippen LogP contribution in [0.4, 0.5) is 0 Å². The van der Waals surface area contributed by atoms with Crippen molar-refractivity contribution in [1.29, 1.82) is 0 Å². The lowest BCUT2D eigenvalue weighted by molar-refractivity contribution is -0.0743. The van der Waals surface area contributed by atoms with E-state index in [9.17, 15) is 24.6 Å². The molecular formula is C21H23N3O7S. The van der Waals surface area contributed by atoms with Crippen molar-refractivity contribution in [2.75, 3.05) is 19.8 Å². The van der Waals surface area contributed by atoms with E-state index in [2.05, 4.69) is 4.98 Å². The summed E-state index contributed by atoms with van der Waals surface area (Å²) in [6.07, 6.45) is -1.95. The van der Waals surface area contributed by atoms with Gasteiger partial charge in [-0.15, -0.1) is 0 Å². The van der Waals surface area contributed by atoms with E-state index in [0.29, 0.717) is 23.1 Å². The Bertz CT molecular complexity index is 1130. The molecule has 2 aliphatic rings. The van der Waals surface area contributed by atoms with Gasteiger partial charge in [0.2, 0.25) is 0 Å². The van der Waals surface area contributed by atoms with Crippen LogP contribution in [-0.4, -0.2) is 74.5 Å². The van der Waals surface area contributed by atoms with Crippen LogP contribution in [0.15, 0.2) is 35.3 Å². The smallest absolute Gasteiger partial charge is 0.261 e. The van der Waals surface area contributed by atoms with Gasteiger partial charge in [0.1, 0.15) is 18.3 Å². The topological polar surface area (TPSA) is 134 Å². The van der Waals surface area contributed by atoms with Crippen molar-refractivity contribution < 1.29 is 29.3 Å². The van der Waals surface area contributed by atoms with Crippen LogP contribution in [0.25, 0.3) is 0 Å². The molecule has 2 amide bonds. The Kier molecular flexibility index (Phi) is 6.35. The van der Waals surface area contributed by atoms with Crippen LogP contribution in [0.1, 0.15) is 38.9 Å². The van der Waals surface area contributed by atoms with Crippen LogP contribution >= 0.6 is 12.2 Å². The van der Waals surface area contributed by atoms with Gasteiger partial charge >= 0.3 is 0 Å². The molecule has 2 aliphatic heterocycles. The first kappa shape index (κ1) is 22.5. The van der Waals surface area contributed by atoms with Gasteiger partial charge in [0, 0.05) is 24.9 Å². The fourth-order valence-electron chi connectivity index (χ4n) is 3.93. The number of amides is 2. The van der Waals surface area contributed by atoms with Gasteiger partial charge in [0.25, 0.3) is 17.4 Å². The molecule has 4 atom stereocenters. The van der Waals surface area contributed by atoms with E-state index >= 15 is 0 Å². The van der Waals surface area contributed by atoms with Gasteiger partial charge in [-0.05, 0) is 37.7 Å². The number of nitrogens with one attached hydrogen (secondary N) is 1. The van der Waals surface area contributed by atoms with E-state index in [0.717, 1.165) is 0 Å². The summed E-state index contributed by atoms with van der Waals surface area (Å²) >= 11 is 5.22. The lowest BCUT2D eigenvalue weighted by Gasteiger charge is -2.23. The maximum atomic E-state index is 12.5. The van der Waals surface area contributed by atoms with Crippen LogP contribution in [0.5, 0.6) is 0 Å². The maximum absolute atomic E-state index is 12.5. The molecule has 4 rings (SSSR count). The minimum absolute atomic E-state index is 0.0935. The number of imide groups is 1. The van der Waals surface area contributed by atoms with Crippen LogP contribution < -0.4 is 5.56 Å². The molecule has 1 aromatic heterocycles. The van der Waals surface area contributed by atoms with Crippen molar-refractivity contribution in [3.8, 4) is 0 Å². The van der Waals surface area contributed by atoms with E-state index in [1.54, 1.807) is 31.2 Å². The van der Waals surface area contributed by atoms with Crippen LogP contribution in [0, 0.1) is 11.7 Å². The van der Waals surface area contributed by atoms with E-state index in [1.807, 2.05) is 0 Å². The molecule has 3 N–H and O–H groups in total. The van der Waals surface area contributed by atoms with Gasteiger partial charge in [-0.3, -0.25) is 28.8 Å². The largest absolute Gasteiger partial charge is 0.394 e. The van der Waals surface area contributed by atoms with Gasteiger partial charge in [-0.25, -0.2) is 0 Å². The minimum Gasteiger partial charge on any atom is -0.394 e. The second-order valence-corrected chi connectivity index (χ2v) is 8.10. The number of fused-ring (bicyclic) bond motifs is 1. The quantitative estimate of drug-likeness (QED) is 0.309. The van der Waals surface area contributed by atoms with E-state index in [-0.39, 0.29) is 35.3 Å². The first-order valence-electron chi connectivity index (χ1n) is 10.2. The SMILES string of the molecule is Cc1cn([C@H]2O[C@@H](CO)C(O)C2OCCCN2C(=O)c3ccccc3C2=O)c(=S)[nH]c1=O. The third-order valence-electron chi connectivity index (χ3n) is 5.63. The van der Waals surface area contributed by atoms with Gasteiger partial charge in [-0.1, -0.05) is 12.1 Å². The molecule has 170 valence electrons. The molecule has 10 nitrogen and oxygen atoms in total. The van der Waals surface area contributed by atoms with Crippen molar-refractivity contribution >= 4 is 24.0 Å². The zero-order valence-corrected chi connectivity index (χ0v) is 18.1. The molecular weight excluding hydrogens is 438 g/mol. The number of hydrogen-bond donors (Lipinski definition) is 3. The number of hydrogen-bond acceptors (Lipinski definition) is 8. The third kappa shape index (κ3) is 3.93. The highest BCUT2D eigenvalue weighted by atomic mass is 32.1. The molecule has 1 aromatic carbocycles. The monoisotopic (exact) mass is 461 g/mol. The number of nitrogens with zero attached hydrogens (tertiary/aromatic N) is 2. The number of aryl methyl sites for hydroxylation is 1. The van der Waals surface area contributed by atoms with Gasteiger partial charge in [0.15, 0.2) is 11.0 Å². The zero-order valence-electron chi connectivity index (χ0n) is 17.3. The number of aromatic nitrogens is 2. The number of aromatic amines is 1. The zero-order chi connectivity index (χ0) is 23.0. The average molecular weight is 461 g/mol. The highest BCUT2D eigenvalue weighted by Gasteiger charge is 2.45. The standard InChI is InChI=1S/C21H23N3O7S/c1-11-9-24(21(32)22-17(11)27)20-16(15(26)14(10-25)31-20)30-8-4-7-23-18(28)12-5-2-3-6-13(12)19(23)29/h2-3,5-6,9,14-16,20,25-26H,4,7-8,10H2,1H3,(H,22,27,32)/t14-,15?,16?,20-/m0/s1. The number of aliphatic hydroxyl groups excluding tert-OH is 2. The molecule has 0 spiro atoms. The molecule has 0 aliphatic carbocycles. The van der Waals surface area contributed by atoms with Gasteiger partial charge in [0.05, 0.1) is 17.7 Å². The molecule has 1 saturated heterocycles. The Morgan fingerprint density at radius 2 is 1.84 bits per heavy atom. The number of ether oxygens (including phenoxy) is 2. The highest BCUT2D eigenvalue weighted by molar-refractivity contribution is 7.71. The fourth-order valence-corrected chi connectivity index (χ4v) is 4.18. The van der Waals surface area contributed by atoms with Crippen molar-refractivity contribution in [3.63, 3.8) is 0 Å². The summed E-state index contributed by atoms with van der Waals surface area (Å²) in [5.74, 6) is -0.689. The minimum atomic E-state index is -1.14. The van der Waals surface area contributed by atoms with E-state index in [1.165, 1.54) is 15.7 Å². The van der Waals surface area contributed by atoms with Crippen molar-refractivity contribution in [1.82, 2.24) is 14.5 Å². The Hall–Kier alpha value is -2.70. The number of H-pyrrole nitrogens is 1. The summed E-state index contributed by atoms with van der Waals surface area (Å²) in [4.78, 5) is 40.4. The van der Waals surface area contributed by atoms with E-state index in [4.69, 9.17) is 21.7 Å². The van der Waals surface area contributed by atoms with Crippen molar-refractivity contribution in [2.24, 2.45) is 0 Å². The molecule has 0 radical (unpaired) electrons. The molecule has 3 heterocycles. The molecule has 2 unspecified atom stereocenters. The average Bonchev–Trinajstić information content (AvgIpc) is 3.22. The Labute approximate surface area is 188 Å². The normalized spacial score (nSPS) is 24.9. The summed E-state index contributed by atoms with van der Waals surface area (Å²) < 4.78 is 13.2. The number of aliphatic hydroxyl groups is 2. The summed E-state index contributed by atoms with van der Waals surface area (Å²) in [6, 6.07) is 6.65. The lowest BCUT2D eigenvalue weighted by Crippen LogP contribution is -2.37. The number of benzene rings is 1. The molecule has 0 bridgehead atoms. The van der Waals surface area contributed by atoms with Crippen molar-refractivity contribution in [2.45, 2.75) is 37.9 Å².